The molecule has 2 aliphatic rings. The normalized spacial score (nSPS) is 15.9. The second-order valence-electron chi connectivity index (χ2n) is 9.79. The number of anilines is 1. The van der Waals surface area contributed by atoms with Gasteiger partial charge in [0, 0.05) is 48.8 Å². The van der Waals surface area contributed by atoms with E-state index in [9.17, 15) is 9.59 Å². The summed E-state index contributed by atoms with van der Waals surface area (Å²) in [4.78, 5) is 43.9. The Balaban J connectivity index is 0.000000532. The van der Waals surface area contributed by atoms with Crippen LogP contribution < -0.4 is 11.1 Å². The number of carbonyl (C=O) groups is 3. The van der Waals surface area contributed by atoms with Crippen molar-refractivity contribution in [2.24, 2.45) is 10.9 Å². The fraction of sp³-hybridized carbons (Fsp3) is 0.483. The Bertz CT molecular complexity index is 1150. The number of allylic oxidation sites excluding steroid dienone is 2. The lowest BCUT2D eigenvalue weighted by Gasteiger charge is -2.30. The first-order chi connectivity index (χ1) is 18.1. The quantitative estimate of drug-likeness (QED) is 0.471. The maximum atomic E-state index is 12.7. The molecule has 0 bridgehead atoms. The number of hydrogen-bond acceptors (Lipinski definition) is 7. The maximum absolute atomic E-state index is 12.7. The molecule has 9 heteroatoms. The molecule has 3 N–H and O–H groups in total. The number of aldehydes is 1. The highest BCUT2D eigenvalue weighted by Gasteiger charge is 2.21. The number of aliphatic imine (C=N–C) groups is 1. The van der Waals surface area contributed by atoms with E-state index in [0.717, 1.165) is 74.1 Å². The third kappa shape index (κ3) is 9.52. The van der Waals surface area contributed by atoms with Gasteiger partial charge in [0.15, 0.2) is 5.13 Å². The van der Waals surface area contributed by atoms with Gasteiger partial charge in [-0.25, -0.2) is 4.98 Å². The average Bonchev–Trinajstić information content (AvgIpc) is 3.37. The minimum absolute atomic E-state index is 0. The molecular formula is C29H43N5O3S. The minimum Gasteiger partial charge on any atom is -0.375 e. The summed E-state index contributed by atoms with van der Waals surface area (Å²) >= 11 is 1.54. The molecule has 1 atom stereocenters. The summed E-state index contributed by atoms with van der Waals surface area (Å²) in [6.45, 7) is 13.2. The van der Waals surface area contributed by atoms with Crippen molar-refractivity contribution in [2.45, 2.75) is 73.3 Å². The van der Waals surface area contributed by atoms with Crippen LogP contribution >= 0.6 is 11.3 Å². The largest absolute Gasteiger partial charge is 0.375 e. The number of benzene rings is 1. The molecule has 38 heavy (non-hydrogen) atoms. The third-order valence-corrected chi connectivity index (χ3v) is 7.51. The average molecular weight is 542 g/mol. The van der Waals surface area contributed by atoms with E-state index in [1.54, 1.807) is 0 Å². The zero-order chi connectivity index (χ0) is 28.2. The predicted octanol–water partition coefficient (Wildman–Crippen LogP) is 5.45. The predicted molar refractivity (Wildman–Crippen MR) is 159 cm³/mol. The van der Waals surface area contributed by atoms with E-state index in [1.807, 2.05) is 56.9 Å². The number of carbonyl (C=O) groups excluding carboxylic acids is 3. The Morgan fingerprint density at radius 1 is 1.24 bits per heavy atom. The highest BCUT2D eigenvalue weighted by Crippen LogP contribution is 2.29. The molecule has 1 saturated heterocycles. The van der Waals surface area contributed by atoms with Gasteiger partial charge >= 0.3 is 0 Å². The maximum Gasteiger partial charge on any atom is 0.251 e. The van der Waals surface area contributed by atoms with Crippen molar-refractivity contribution in [1.29, 1.82) is 0 Å². The van der Waals surface area contributed by atoms with Gasteiger partial charge in [-0.05, 0) is 90.0 Å². The van der Waals surface area contributed by atoms with Gasteiger partial charge in [0.1, 0.15) is 6.29 Å². The second-order valence-corrected chi connectivity index (χ2v) is 11.0. The van der Waals surface area contributed by atoms with Gasteiger partial charge in [0.05, 0.1) is 5.69 Å². The molecule has 0 saturated carbocycles. The van der Waals surface area contributed by atoms with Crippen LogP contribution in [-0.2, 0) is 9.59 Å². The van der Waals surface area contributed by atoms with Crippen molar-refractivity contribution in [2.75, 3.05) is 18.8 Å². The summed E-state index contributed by atoms with van der Waals surface area (Å²) in [7, 11) is 0. The Morgan fingerprint density at radius 3 is 2.37 bits per heavy atom. The van der Waals surface area contributed by atoms with Crippen molar-refractivity contribution in [3.05, 3.63) is 51.7 Å². The Labute approximate surface area is 231 Å². The van der Waals surface area contributed by atoms with E-state index in [0.29, 0.717) is 16.6 Å². The van der Waals surface area contributed by atoms with Gasteiger partial charge in [-0.3, -0.25) is 14.6 Å². The number of amides is 2. The van der Waals surface area contributed by atoms with Crippen molar-refractivity contribution in [3.8, 4) is 0 Å². The first-order valence-electron chi connectivity index (χ1n) is 13.0. The molecule has 208 valence electrons. The lowest BCUT2D eigenvalue weighted by atomic mass is 9.91. The van der Waals surface area contributed by atoms with E-state index < -0.39 is 0 Å². The van der Waals surface area contributed by atoms with Crippen LogP contribution in [-0.4, -0.2) is 53.3 Å². The molecule has 1 fully saturated rings. The third-order valence-electron chi connectivity index (χ3n) is 6.61. The van der Waals surface area contributed by atoms with Crippen LogP contribution in [0.2, 0.25) is 0 Å². The van der Waals surface area contributed by atoms with E-state index >= 15 is 0 Å². The number of rotatable bonds is 6. The topological polar surface area (TPSA) is 118 Å². The van der Waals surface area contributed by atoms with Crippen molar-refractivity contribution < 1.29 is 15.8 Å². The lowest BCUT2D eigenvalue weighted by molar-refractivity contribution is -0.119. The van der Waals surface area contributed by atoms with Crippen LogP contribution in [0.1, 0.15) is 81.3 Å². The number of piperidine rings is 1. The molecule has 8 nitrogen and oxygen atoms in total. The Kier molecular flexibility index (Phi) is 12.3. The van der Waals surface area contributed by atoms with Crippen molar-refractivity contribution in [3.63, 3.8) is 0 Å². The summed E-state index contributed by atoms with van der Waals surface area (Å²) in [5, 5.41) is 3.81. The molecule has 3 heterocycles. The van der Waals surface area contributed by atoms with Crippen LogP contribution in [0.5, 0.6) is 0 Å². The van der Waals surface area contributed by atoms with Gasteiger partial charge in [0.2, 0.25) is 6.41 Å². The molecule has 2 aliphatic heterocycles. The number of aryl methyl sites for hydroxylation is 2. The number of nitrogen functional groups attached to an aromatic ring is 1. The minimum atomic E-state index is -0.0245. The number of hydrogen-bond donors (Lipinski definition) is 2. The highest BCUT2D eigenvalue weighted by atomic mass is 32.1. The van der Waals surface area contributed by atoms with Crippen LogP contribution in [0, 0.1) is 19.8 Å². The van der Waals surface area contributed by atoms with Crippen LogP contribution in [0.3, 0.4) is 0 Å². The fourth-order valence-corrected chi connectivity index (χ4v) is 5.28. The summed E-state index contributed by atoms with van der Waals surface area (Å²) in [5.74, 6) is 0.540. The molecule has 4 rings (SSSR count). The smallest absolute Gasteiger partial charge is 0.251 e. The van der Waals surface area contributed by atoms with Gasteiger partial charge < -0.3 is 20.7 Å². The lowest BCUT2D eigenvalue weighted by Crippen LogP contribution is -2.38. The molecule has 2 amide bonds. The van der Waals surface area contributed by atoms with Gasteiger partial charge in [-0.2, -0.15) is 0 Å². The molecule has 0 unspecified atom stereocenters. The SMILES string of the molecule is CC1=NC(C)=C(c2cccc(C(=O)N[C@@H](C)CC3CCN(C=O)CC3)c2)C1.CC=O.Cc1nc(N)sc1C.[HH]. The molecule has 1 aromatic heterocycles. The molecule has 1 aromatic carbocycles. The molecule has 0 spiro atoms. The number of nitrogens with one attached hydrogen (secondary N) is 1. The van der Waals surface area contributed by atoms with Crippen LogP contribution in [0.4, 0.5) is 5.13 Å². The Morgan fingerprint density at radius 2 is 1.89 bits per heavy atom. The zero-order valence-electron chi connectivity index (χ0n) is 23.4. The van der Waals surface area contributed by atoms with E-state index in [-0.39, 0.29) is 13.4 Å². The van der Waals surface area contributed by atoms with Gasteiger partial charge in [0.25, 0.3) is 5.91 Å². The summed E-state index contributed by atoms with van der Waals surface area (Å²) in [6.07, 6.45) is 5.52. The number of nitrogens with two attached hydrogens (primary N) is 1. The van der Waals surface area contributed by atoms with E-state index in [2.05, 4.69) is 22.2 Å². The first kappa shape index (κ1) is 30.9. The number of thiazole rings is 1. The standard InChI is InChI=1S/C22H29N3O2.C5H8N2S.C2H4O.H2/c1-15(11-18-7-9-25(14-26)10-8-18)24-22(27)20-6-4-5-19(13-20)21-12-16(2)23-17(21)3;1-3-4(2)8-5(6)7-3;1-2-3;/h4-6,13-15,18H,7-12H2,1-3H3,(H,24,27);1-2H3,(H2,6,7);2H,1H3;1H/t15-;;;/m0.../s1. The molecule has 2 aromatic rings. The van der Waals surface area contributed by atoms with Gasteiger partial charge in [-0.1, -0.05) is 12.1 Å². The molecule has 0 aliphatic carbocycles. The zero-order valence-corrected chi connectivity index (χ0v) is 24.2. The summed E-state index contributed by atoms with van der Waals surface area (Å²) < 4.78 is 0. The van der Waals surface area contributed by atoms with Crippen molar-refractivity contribution in [1.82, 2.24) is 15.2 Å². The summed E-state index contributed by atoms with van der Waals surface area (Å²) in [5.41, 5.74) is 11.6. The van der Waals surface area contributed by atoms with Gasteiger partial charge in [-0.15, -0.1) is 11.3 Å². The molecular weight excluding hydrogens is 498 g/mol. The highest BCUT2D eigenvalue weighted by molar-refractivity contribution is 7.15. The first-order valence-corrected chi connectivity index (χ1v) is 13.8. The molecule has 0 radical (unpaired) electrons. The number of likely N-dealkylation sites (tertiary alicyclic amines) is 1. The number of nitrogens with zero attached hydrogens (tertiary/aromatic N) is 3. The monoisotopic (exact) mass is 541 g/mol. The van der Waals surface area contributed by atoms with Crippen LogP contribution in [0.15, 0.2) is 35.0 Å². The fourth-order valence-electron chi connectivity index (χ4n) is 4.59. The second kappa shape index (κ2) is 15.2. The van der Waals surface area contributed by atoms with Crippen LogP contribution in [0.25, 0.3) is 5.57 Å². The summed E-state index contributed by atoms with van der Waals surface area (Å²) in [6, 6.07) is 7.95. The van der Waals surface area contributed by atoms with E-state index in [4.69, 9.17) is 10.5 Å². The van der Waals surface area contributed by atoms with Crippen molar-refractivity contribution >= 4 is 46.4 Å². The van der Waals surface area contributed by atoms with E-state index in [1.165, 1.54) is 28.7 Å². The number of aromatic nitrogens is 1. The Hall–Kier alpha value is -3.33.